The van der Waals surface area contributed by atoms with Crippen molar-refractivity contribution in [2.24, 2.45) is 0 Å². The monoisotopic (exact) mass is 360 g/mol. The Kier molecular flexibility index (Phi) is 5.43. The number of aliphatic hydroxyl groups is 3. The van der Waals surface area contributed by atoms with Crippen molar-refractivity contribution in [3.8, 4) is 17.2 Å². The van der Waals surface area contributed by atoms with Gasteiger partial charge in [-0.05, 0) is 35.4 Å². The van der Waals surface area contributed by atoms with Gasteiger partial charge in [0.25, 0.3) is 0 Å². The largest absolute Gasteiger partial charge is 0.508 e. The van der Waals surface area contributed by atoms with Crippen LogP contribution in [0.2, 0.25) is 0 Å². The van der Waals surface area contributed by atoms with Crippen molar-refractivity contribution in [2.45, 2.75) is 24.6 Å². The molecule has 4 unspecified atom stereocenters. The lowest BCUT2D eigenvalue weighted by atomic mass is 10.1. The molecule has 1 saturated heterocycles. The number of phenolic OH excluding ortho intramolecular Hbond substituents is 2. The third-order valence-electron chi connectivity index (χ3n) is 4.02. The summed E-state index contributed by atoms with van der Waals surface area (Å²) < 4.78 is 10.6. The van der Waals surface area contributed by atoms with Gasteiger partial charge in [-0.3, -0.25) is 0 Å². The predicted octanol–water partition coefficient (Wildman–Crippen LogP) is 1.09. The highest BCUT2D eigenvalue weighted by atomic mass is 16.7. The van der Waals surface area contributed by atoms with Crippen molar-refractivity contribution in [1.82, 2.24) is 0 Å². The molecule has 0 radical (unpaired) electrons. The Balaban J connectivity index is 1.75. The Morgan fingerprint density at radius 3 is 2.38 bits per heavy atom. The summed E-state index contributed by atoms with van der Waals surface area (Å²) in [7, 11) is 0. The van der Waals surface area contributed by atoms with Crippen LogP contribution in [0.15, 0.2) is 42.5 Å². The summed E-state index contributed by atoms with van der Waals surface area (Å²) in [6.45, 7) is -0.194. The fourth-order valence-corrected chi connectivity index (χ4v) is 2.56. The Hall–Kier alpha value is -2.58. The predicted molar refractivity (Wildman–Crippen MR) is 93.5 cm³/mol. The quantitative estimate of drug-likeness (QED) is 0.518. The van der Waals surface area contributed by atoms with Crippen LogP contribution in [0.1, 0.15) is 11.1 Å². The summed E-state index contributed by atoms with van der Waals surface area (Å²) in [4.78, 5) is 0. The number of phenols is 2. The lowest BCUT2D eigenvalue weighted by Crippen LogP contribution is -2.54. The van der Waals surface area contributed by atoms with Gasteiger partial charge < -0.3 is 35.0 Å². The second-order valence-electron chi connectivity index (χ2n) is 6.02. The van der Waals surface area contributed by atoms with Gasteiger partial charge in [0.05, 0.1) is 6.61 Å². The summed E-state index contributed by atoms with van der Waals surface area (Å²) >= 11 is 0. The first-order valence-corrected chi connectivity index (χ1v) is 8.06. The molecule has 2 aromatic carbocycles. The normalized spacial score (nSPS) is 26.1. The van der Waals surface area contributed by atoms with E-state index in [1.54, 1.807) is 42.5 Å². The first-order valence-electron chi connectivity index (χ1n) is 8.06. The zero-order valence-electron chi connectivity index (χ0n) is 13.8. The highest BCUT2D eigenvalue weighted by Gasteiger charge is 2.39. The maximum Gasteiger partial charge on any atom is 0.229 e. The highest BCUT2D eigenvalue weighted by molar-refractivity contribution is 5.71. The second kappa shape index (κ2) is 7.76. The summed E-state index contributed by atoms with van der Waals surface area (Å²) in [6.07, 6.45) is -1.73. The molecule has 0 bridgehead atoms. The first-order chi connectivity index (χ1) is 12.4. The van der Waals surface area contributed by atoms with Crippen LogP contribution in [0.4, 0.5) is 0 Å². The van der Waals surface area contributed by atoms with Gasteiger partial charge in [-0.15, -0.1) is 0 Å². The van der Waals surface area contributed by atoms with Gasteiger partial charge in [0, 0.05) is 0 Å². The van der Waals surface area contributed by atoms with Crippen LogP contribution in [0.3, 0.4) is 0 Å². The summed E-state index contributed by atoms with van der Waals surface area (Å²) in [5.74, 6) is 0.0673. The van der Waals surface area contributed by atoms with Crippen LogP contribution in [0.5, 0.6) is 17.2 Å². The summed E-state index contributed by atoms with van der Waals surface area (Å²) in [5, 5.41) is 48.5. The number of hydrogen-bond acceptors (Lipinski definition) is 7. The van der Waals surface area contributed by atoms with Crippen LogP contribution in [0, 0.1) is 0 Å². The number of rotatable bonds is 4. The van der Waals surface area contributed by atoms with E-state index in [1.807, 2.05) is 6.07 Å². The number of benzene rings is 2. The van der Waals surface area contributed by atoms with Gasteiger partial charge in [-0.25, -0.2) is 0 Å². The molecular formula is C19H20O7. The van der Waals surface area contributed by atoms with Gasteiger partial charge in [-0.1, -0.05) is 30.4 Å². The molecule has 0 amide bonds. The average Bonchev–Trinajstić information content (AvgIpc) is 2.63. The van der Waals surface area contributed by atoms with Crippen LogP contribution in [-0.2, 0) is 4.74 Å². The fourth-order valence-electron chi connectivity index (χ4n) is 2.56. The van der Waals surface area contributed by atoms with Gasteiger partial charge >= 0.3 is 0 Å². The van der Waals surface area contributed by atoms with Gasteiger partial charge in [0.1, 0.15) is 24.1 Å². The van der Waals surface area contributed by atoms with E-state index in [9.17, 15) is 25.5 Å². The van der Waals surface area contributed by atoms with E-state index in [2.05, 4.69) is 0 Å². The molecule has 0 saturated carbocycles. The maximum absolute atomic E-state index is 9.96. The number of aromatic hydroxyl groups is 2. The van der Waals surface area contributed by atoms with Gasteiger partial charge in [-0.2, -0.15) is 0 Å². The standard InChI is InChI=1S/C19H20O7/c20-13-3-1-2-11(8-13)4-5-12-6-7-14(21)16(9-12)26-19-18(24)17(23)15(22)10-25-19/h1-9,15,17-24H,10H2. The smallest absolute Gasteiger partial charge is 0.229 e. The molecule has 1 fully saturated rings. The van der Waals surface area contributed by atoms with Crippen LogP contribution in [-0.4, -0.2) is 56.7 Å². The molecule has 1 heterocycles. The van der Waals surface area contributed by atoms with E-state index in [-0.39, 0.29) is 23.9 Å². The Morgan fingerprint density at radius 2 is 1.65 bits per heavy atom. The Labute approximate surface area is 150 Å². The summed E-state index contributed by atoms with van der Waals surface area (Å²) in [6, 6.07) is 11.4. The molecule has 1 aliphatic rings. The molecule has 4 atom stereocenters. The van der Waals surface area contributed by atoms with Crippen molar-refractivity contribution < 1.29 is 35.0 Å². The molecule has 0 aromatic heterocycles. The van der Waals surface area contributed by atoms with Crippen LogP contribution >= 0.6 is 0 Å². The van der Waals surface area contributed by atoms with Crippen LogP contribution in [0.25, 0.3) is 12.2 Å². The zero-order chi connectivity index (χ0) is 18.7. The topological polar surface area (TPSA) is 120 Å². The molecule has 2 aromatic rings. The van der Waals surface area contributed by atoms with E-state index in [4.69, 9.17) is 9.47 Å². The molecular weight excluding hydrogens is 340 g/mol. The zero-order valence-corrected chi connectivity index (χ0v) is 13.8. The van der Waals surface area contributed by atoms with Crippen molar-refractivity contribution in [2.75, 3.05) is 6.61 Å². The third kappa shape index (κ3) is 4.14. The molecule has 138 valence electrons. The van der Waals surface area contributed by atoms with Crippen molar-refractivity contribution in [3.05, 3.63) is 53.6 Å². The van der Waals surface area contributed by atoms with E-state index in [1.165, 1.54) is 6.07 Å². The van der Waals surface area contributed by atoms with Crippen LogP contribution < -0.4 is 4.74 Å². The third-order valence-corrected chi connectivity index (χ3v) is 4.02. The maximum atomic E-state index is 9.96. The molecule has 7 heteroatoms. The fraction of sp³-hybridized carbons (Fsp3) is 0.263. The van der Waals surface area contributed by atoms with E-state index >= 15 is 0 Å². The molecule has 1 aliphatic heterocycles. The molecule has 0 aliphatic carbocycles. The van der Waals surface area contributed by atoms with Gasteiger partial charge in [0.2, 0.25) is 6.29 Å². The van der Waals surface area contributed by atoms with E-state index in [0.717, 1.165) is 5.56 Å². The minimum absolute atomic E-state index is 0.0655. The first kappa shape index (κ1) is 18.2. The number of aliphatic hydroxyl groups excluding tert-OH is 3. The number of ether oxygens (including phenoxy) is 2. The van der Waals surface area contributed by atoms with Crippen molar-refractivity contribution in [1.29, 1.82) is 0 Å². The molecule has 3 rings (SSSR count). The molecule has 5 N–H and O–H groups in total. The Morgan fingerprint density at radius 1 is 0.923 bits per heavy atom. The highest BCUT2D eigenvalue weighted by Crippen LogP contribution is 2.30. The minimum Gasteiger partial charge on any atom is -0.508 e. The number of hydrogen-bond donors (Lipinski definition) is 5. The van der Waals surface area contributed by atoms with E-state index < -0.39 is 24.6 Å². The van der Waals surface area contributed by atoms with Gasteiger partial charge in [0.15, 0.2) is 11.5 Å². The lowest BCUT2D eigenvalue weighted by Gasteiger charge is -2.35. The second-order valence-corrected chi connectivity index (χ2v) is 6.02. The summed E-state index contributed by atoms with van der Waals surface area (Å²) in [5.41, 5.74) is 1.50. The van der Waals surface area contributed by atoms with Crippen molar-refractivity contribution >= 4 is 12.2 Å². The SMILES string of the molecule is Oc1cccc(C=Cc2ccc(O)c(OC3OCC(O)C(O)C3O)c2)c1. The molecule has 7 nitrogen and oxygen atoms in total. The average molecular weight is 360 g/mol. The molecule has 0 spiro atoms. The molecule has 26 heavy (non-hydrogen) atoms. The van der Waals surface area contributed by atoms with Crippen molar-refractivity contribution in [3.63, 3.8) is 0 Å². The van der Waals surface area contributed by atoms with E-state index in [0.29, 0.717) is 5.56 Å². The minimum atomic E-state index is -1.45. The Bertz CT molecular complexity index is 789. The lowest BCUT2D eigenvalue weighted by molar-refractivity contribution is -0.242.